The van der Waals surface area contributed by atoms with Crippen LogP contribution in [-0.2, 0) is 5.75 Å². The molecule has 1 heterocycles. The molecule has 0 fully saturated rings. The first-order valence-electron chi connectivity index (χ1n) is 5.58. The van der Waals surface area contributed by atoms with Gasteiger partial charge in [0.25, 0.3) is 0 Å². The lowest BCUT2D eigenvalue weighted by Gasteiger charge is -2.06. The third kappa shape index (κ3) is 3.12. The molecule has 1 amide bonds. The summed E-state index contributed by atoms with van der Waals surface area (Å²) in [5.74, 6) is 0.0999. The van der Waals surface area contributed by atoms with Crippen LogP contribution in [0.2, 0.25) is 0 Å². The lowest BCUT2D eigenvalue weighted by atomic mass is 10.1. The van der Waals surface area contributed by atoms with E-state index in [0.717, 1.165) is 5.56 Å². The number of thioether (sulfide) groups is 1. The lowest BCUT2D eigenvalue weighted by Crippen LogP contribution is -2.13. The number of amides is 1. The number of aromatic nitrogens is 1. The van der Waals surface area contributed by atoms with Crippen molar-refractivity contribution < 1.29 is 4.79 Å². The van der Waals surface area contributed by atoms with Gasteiger partial charge in [-0.05, 0) is 23.8 Å². The molecule has 94 valence electrons. The number of carbonyl (C=O) groups excluding carboxylic acids is 1. The van der Waals surface area contributed by atoms with Gasteiger partial charge in [-0.2, -0.15) is 5.26 Å². The molecule has 0 unspecified atom stereocenters. The number of nitrogens with zero attached hydrogens (tertiary/aromatic N) is 2. The molecule has 0 aliphatic heterocycles. The van der Waals surface area contributed by atoms with Crippen LogP contribution >= 0.6 is 11.8 Å². The summed E-state index contributed by atoms with van der Waals surface area (Å²) in [5, 5.41) is 9.64. The van der Waals surface area contributed by atoms with Gasteiger partial charge in [-0.1, -0.05) is 18.2 Å². The minimum absolute atomic E-state index is 0.447. The van der Waals surface area contributed by atoms with Gasteiger partial charge in [0.2, 0.25) is 5.91 Å². The molecular weight excluding hydrogens is 258 g/mol. The molecule has 0 saturated carbocycles. The van der Waals surface area contributed by atoms with E-state index in [9.17, 15) is 4.79 Å². The van der Waals surface area contributed by atoms with Gasteiger partial charge in [0, 0.05) is 17.5 Å². The molecule has 0 aliphatic carbocycles. The van der Waals surface area contributed by atoms with Crippen LogP contribution in [0.3, 0.4) is 0 Å². The predicted molar refractivity (Wildman–Crippen MR) is 73.5 cm³/mol. The lowest BCUT2D eigenvalue weighted by molar-refractivity contribution is 0.0999. The molecular formula is C14H11N3OS. The highest BCUT2D eigenvalue weighted by Gasteiger charge is 2.09. The van der Waals surface area contributed by atoms with Gasteiger partial charge >= 0.3 is 0 Å². The van der Waals surface area contributed by atoms with E-state index in [0.29, 0.717) is 21.9 Å². The molecule has 5 heteroatoms. The highest BCUT2D eigenvalue weighted by molar-refractivity contribution is 7.98. The van der Waals surface area contributed by atoms with Crippen LogP contribution in [0.5, 0.6) is 0 Å². The predicted octanol–water partition coefficient (Wildman–Crippen LogP) is 2.34. The summed E-state index contributed by atoms with van der Waals surface area (Å²) < 4.78 is 0. The van der Waals surface area contributed by atoms with Crippen molar-refractivity contribution in [2.75, 3.05) is 0 Å². The maximum absolute atomic E-state index is 11.3. The first kappa shape index (κ1) is 13.1. The Kier molecular flexibility index (Phi) is 4.16. The van der Waals surface area contributed by atoms with E-state index >= 15 is 0 Å². The monoisotopic (exact) mass is 269 g/mol. The van der Waals surface area contributed by atoms with Gasteiger partial charge in [0.15, 0.2) is 0 Å². The molecule has 0 bridgehead atoms. The van der Waals surface area contributed by atoms with Crippen LogP contribution in [0.1, 0.15) is 21.5 Å². The zero-order valence-electron chi connectivity index (χ0n) is 10.0. The van der Waals surface area contributed by atoms with Crippen LogP contribution in [0.25, 0.3) is 0 Å². The smallest absolute Gasteiger partial charge is 0.249 e. The molecule has 4 nitrogen and oxygen atoms in total. The van der Waals surface area contributed by atoms with E-state index in [-0.39, 0.29) is 0 Å². The summed E-state index contributed by atoms with van der Waals surface area (Å²) in [6, 6.07) is 12.7. The molecule has 0 aliphatic rings. The number of carbonyl (C=O) groups is 1. The average molecular weight is 269 g/mol. The second-order valence-corrected chi connectivity index (χ2v) is 4.74. The summed E-state index contributed by atoms with van der Waals surface area (Å²) in [7, 11) is 0. The zero-order chi connectivity index (χ0) is 13.7. The first-order chi connectivity index (χ1) is 9.22. The van der Waals surface area contributed by atoms with Gasteiger partial charge < -0.3 is 5.73 Å². The normalized spacial score (nSPS) is 9.84. The van der Waals surface area contributed by atoms with Crippen molar-refractivity contribution >= 4 is 17.7 Å². The van der Waals surface area contributed by atoms with Crippen molar-refractivity contribution in [3.63, 3.8) is 0 Å². The van der Waals surface area contributed by atoms with Crippen LogP contribution in [0, 0.1) is 11.3 Å². The largest absolute Gasteiger partial charge is 0.366 e. The standard InChI is InChI=1S/C14H11N3OS/c15-8-10-5-3-7-17-14(10)19-9-11-4-1-2-6-12(11)13(16)18/h1-7H,9H2,(H2,16,18). The van der Waals surface area contributed by atoms with Crippen molar-refractivity contribution in [1.29, 1.82) is 5.26 Å². The number of primary amides is 1. The third-order valence-corrected chi connectivity index (χ3v) is 3.59. The van der Waals surface area contributed by atoms with E-state index in [1.54, 1.807) is 30.5 Å². The Morgan fingerprint density at radius 1 is 1.32 bits per heavy atom. The summed E-state index contributed by atoms with van der Waals surface area (Å²) in [4.78, 5) is 15.5. The quantitative estimate of drug-likeness (QED) is 0.864. The van der Waals surface area contributed by atoms with Crippen LogP contribution < -0.4 is 5.73 Å². The maximum atomic E-state index is 11.3. The van der Waals surface area contributed by atoms with Crippen molar-refractivity contribution in [2.45, 2.75) is 10.8 Å². The molecule has 0 saturated heterocycles. The second kappa shape index (κ2) is 6.03. The summed E-state index contributed by atoms with van der Waals surface area (Å²) in [6.45, 7) is 0. The van der Waals surface area contributed by atoms with Crippen molar-refractivity contribution in [3.8, 4) is 6.07 Å². The van der Waals surface area contributed by atoms with E-state index < -0.39 is 5.91 Å². The van der Waals surface area contributed by atoms with Gasteiger partial charge in [-0.25, -0.2) is 4.98 Å². The number of pyridine rings is 1. The SMILES string of the molecule is N#Cc1cccnc1SCc1ccccc1C(N)=O. The number of hydrogen-bond acceptors (Lipinski definition) is 4. The Hall–Kier alpha value is -2.32. The Balaban J connectivity index is 2.20. The number of rotatable bonds is 4. The maximum Gasteiger partial charge on any atom is 0.249 e. The van der Waals surface area contributed by atoms with Crippen molar-refractivity contribution in [1.82, 2.24) is 4.98 Å². The van der Waals surface area contributed by atoms with E-state index in [4.69, 9.17) is 11.0 Å². The van der Waals surface area contributed by atoms with E-state index in [2.05, 4.69) is 11.1 Å². The topological polar surface area (TPSA) is 79.8 Å². The van der Waals surface area contributed by atoms with Crippen LogP contribution in [0.15, 0.2) is 47.6 Å². The average Bonchev–Trinajstić information content (AvgIpc) is 2.45. The Labute approximate surface area is 115 Å². The summed E-state index contributed by atoms with van der Waals surface area (Å²) in [6.07, 6.45) is 1.64. The molecule has 19 heavy (non-hydrogen) atoms. The van der Waals surface area contributed by atoms with E-state index in [1.165, 1.54) is 11.8 Å². The van der Waals surface area contributed by atoms with Gasteiger partial charge in [0.1, 0.15) is 11.1 Å². The Bertz CT molecular complexity index is 649. The Morgan fingerprint density at radius 2 is 2.11 bits per heavy atom. The first-order valence-corrected chi connectivity index (χ1v) is 6.56. The minimum Gasteiger partial charge on any atom is -0.366 e. The fraction of sp³-hybridized carbons (Fsp3) is 0.0714. The highest BCUT2D eigenvalue weighted by atomic mass is 32.2. The van der Waals surface area contributed by atoms with Crippen molar-refractivity contribution in [3.05, 3.63) is 59.3 Å². The summed E-state index contributed by atoms with van der Waals surface area (Å²) in [5.41, 5.74) is 7.20. The minimum atomic E-state index is -0.447. The summed E-state index contributed by atoms with van der Waals surface area (Å²) >= 11 is 1.41. The molecule has 1 aromatic heterocycles. The Morgan fingerprint density at radius 3 is 2.84 bits per heavy atom. The third-order valence-electron chi connectivity index (χ3n) is 2.54. The zero-order valence-corrected chi connectivity index (χ0v) is 10.9. The number of nitriles is 1. The number of benzene rings is 1. The molecule has 0 atom stereocenters. The molecule has 1 aromatic carbocycles. The molecule has 2 N–H and O–H groups in total. The van der Waals surface area contributed by atoms with Crippen LogP contribution in [-0.4, -0.2) is 10.9 Å². The van der Waals surface area contributed by atoms with Gasteiger partial charge in [-0.3, -0.25) is 4.79 Å². The molecule has 0 spiro atoms. The number of hydrogen-bond donors (Lipinski definition) is 1. The van der Waals surface area contributed by atoms with Crippen molar-refractivity contribution in [2.24, 2.45) is 5.73 Å². The fourth-order valence-corrected chi connectivity index (χ4v) is 2.57. The fourth-order valence-electron chi connectivity index (χ4n) is 1.62. The molecule has 2 rings (SSSR count). The van der Waals surface area contributed by atoms with Gasteiger partial charge in [-0.15, -0.1) is 11.8 Å². The highest BCUT2D eigenvalue weighted by Crippen LogP contribution is 2.25. The van der Waals surface area contributed by atoms with Gasteiger partial charge in [0.05, 0.1) is 5.56 Å². The molecule has 2 aromatic rings. The van der Waals surface area contributed by atoms with E-state index in [1.807, 2.05) is 12.1 Å². The number of nitrogens with two attached hydrogens (primary N) is 1. The molecule has 0 radical (unpaired) electrons. The second-order valence-electron chi connectivity index (χ2n) is 3.78. The van der Waals surface area contributed by atoms with Crippen LogP contribution in [0.4, 0.5) is 0 Å².